The number of esters is 1. The van der Waals surface area contributed by atoms with E-state index in [1.165, 1.54) is 50.8 Å². The molecule has 2 fully saturated rings. The average Bonchev–Trinajstić information content (AvgIpc) is 3.29. The van der Waals surface area contributed by atoms with Gasteiger partial charge in [0.2, 0.25) is 0 Å². The maximum absolute atomic E-state index is 12.6. The number of piperidine rings is 2. The molecule has 0 spiro atoms. The van der Waals surface area contributed by atoms with Crippen LogP contribution in [0.15, 0.2) is 28.8 Å². The lowest BCUT2D eigenvalue weighted by Crippen LogP contribution is -2.50. The fraction of sp³-hybridized carbons (Fsp3) is 0.619. The summed E-state index contributed by atoms with van der Waals surface area (Å²) in [5.74, 6) is -0.394. The van der Waals surface area contributed by atoms with Crippen molar-refractivity contribution in [2.24, 2.45) is 0 Å². The van der Waals surface area contributed by atoms with Crippen LogP contribution in [0.2, 0.25) is 0 Å². The molecular weight excluding hydrogens is 388 g/mol. The predicted molar refractivity (Wildman–Crippen MR) is 113 cm³/mol. The van der Waals surface area contributed by atoms with Gasteiger partial charge in [0.25, 0.3) is 0 Å². The molecule has 0 radical (unpaired) electrons. The molecule has 1 atom stereocenters. The van der Waals surface area contributed by atoms with E-state index in [0.29, 0.717) is 23.9 Å². The second-order valence-electron chi connectivity index (χ2n) is 8.03. The summed E-state index contributed by atoms with van der Waals surface area (Å²) < 4.78 is 5.06. The molecule has 4 heterocycles. The van der Waals surface area contributed by atoms with Gasteiger partial charge in [-0.25, -0.2) is 9.59 Å². The van der Waals surface area contributed by atoms with Gasteiger partial charge in [-0.05, 0) is 50.2 Å². The standard InChI is InChI=1S/C21H30N4O3S/c1-28-20(26)18-16(22-21(27)23-19(18)17-6-5-13-29-17)14-24-11-7-15(8-12-24)25-9-3-2-4-10-25/h5-6,13,15,19H,2-4,7-12,14H2,1H3,(H2,22,23,27). The zero-order valence-corrected chi connectivity index (χ0v) is 17.8. The van der Waals surface area contributed by atoms with E-state index in [4.69, 9.17) is 4.74 Å². The summed E-state index contributed by atoms with van der Waals surface area (Å²) in [6, 6.07) is 3.80. The number of urea groups is 1. The Morgan fingerprint density at radius 1 is 1.21 bits per heavy atom. The molecule has 8 heteroatoms. The van der Waals surface area contributed by atoms with Crippen LogP contribution in [0.3, 0.4) is 0 Å². The topological polar surface area (TPSA) is 73.9 Å². The number of thiophene rings is 1. The first-order valence-corrected chi connectivity index (χ1v) is 11.4. The van der Waals surface area contributed by atoms with Gasteiger partial charge in [0.1, 0.15) is 0 Å². The van der Waals surface area contributed by atoms with Crippen molar-refractivity contribution in [3.63, 3.8) is 0 Å². The smallest absolute Gasteiger partial charge is 0.338 e. The van der Waals surface area contributed by atoms with Crippen LogP contribution in [0.4, 0.5) is 4.79 Å². The fourth-order valence-corrected chi connectivity index (χ4v) is 5.50. The van der Waals surface area contributed by atoms with Gasteiger partial charge in [-0.3, -0.25) is 4.90 Å². The summed E-state index contributed by atoms with van der Waals surface area (Å²) in [7, 11) is 1.39. The third-order valence-electron chi connectivity index (χ3n) is 6.23. The molecule has 1 unspecified atom stereocenters. The SMILES string of the molecule is COC(=O)C1=C(CN2CCC(N3CCCCC3)CC2)NC(=O)NC1c1cccs1. The minimum Gasteiger partial charge on any atom is -0.466 e. The zero-order chi connectivity index (χ0) is 20.2. The number of ether oxygens (including phenoxy) is 1. The lowest BCUT2D eigenvalue weighted by Gasteiger charge is -2.41. The first-order chi connectivity index (χ1) is 14.2. The number of methoxy groups -OCH3 is 1. The van der Waals surface area contributed by atoms with Crippen LogP contribution in [-0.4, -0.2) is 67.7 Å². The van der Waals surface area contributed by atoms with E-state index in [9.17, 15) is 9.59 Å². The lowest BCUT2D eigenvalue weighted by atomic mass is 9.98. The number of hydrogen-bond donors (Lipinski definition) is 2. The number of hydrogen-bond acceptors (Lipinski definition) is 6. The molecule has 2 N–H and O–H groups in total. The van der Waals surface area contributed by atoms with Gasteiger partial charge >= 0.3 is 12.0 Å². The van der Waals surface area contributed by atoms with Crippen molar-refractivity contribution in [1.82, 2.24) is 20.4 Å². The number of carbonyl (C=O) groups is 2. The Kier molecular flexibility index (Phi) is 6.52. The highest BCUT2D eigenvalue weighted by Gasteiger charge is 2.35. The van der Waals surface area contributed by atoms with E-state index in [1.807, 2.05) is 17.5 Å². The summed E-state index contributed by atoms with van der Waals surface area (Å²) in [5.41, 5.74) is 1.17. The van der Waals surface area contributed by atoms with E-state index < -0.39 is 12.0 Å². The Hall–Kier alpha value is -1.90. The van der Waals surface area contributed by atoms with Crippen LogP contribution in [0.5, 0.6) is 0 Å². The van der Waals surface area contributed by atoms with Gasteiger partial charge in [0, 0.05) is 36.3 Å². The highest BCUT2D eigenvalue weighted by atomic mass is 32.1. The largest absolute Gasteiger partial charge is 0.466 e. The normalized spacial score (nSPS) is 24.9. The molecular formula is C21H30N4O3S. The van der Waals surface area contributed by atoms with Crippen LogP contribution in [0.25, 0.3) is 0 Å². The van der Waals surface area contributed by atoms with Crippen LogP contribution < -0.4 is 10.6 Å². The molecule has 3 aliphatic heterocycles. The quantitative estimate of drug-likeness (QED) is 0.719. The molecule has 0 saturated carbocycles. The van der Waals surface area contributed by atoms with Gasteiger partial charge in [0.05, 0.1) is 18.7 Å². The Morgan fingerprint density at radius 3 is 2.62 bits per heavy atom. The summed E-state index contributed by atoms with van der Waals surface area (Å²) in [6.07, 6.45) is 6.28. The highest BCUT2D eigenvalue weighted by Crippen LogP contribution is 2.31. The van der Waals surface area contributed by atoms with Crippen molar-refractivity contribution in [3.8, 4) is 0 Å². The fourth-order valence-electron chi connectivity index (χ4n) is 4.71. The Bertz CT molecular complexity index is 750. The number of nitrogens with zero attached hydrogens (tertiary/aromatic N) is 2. The molecule has 1 aromatic heterocycles. The van der Waals surface area contributed by atoms with Crippen molar-refractivity contribution in [1.29, 1.82) is 0 Å². The molecule has 0 aliphatic carbocycles. The molecule has 158 valence electrons. The number of rotatable bonds is 5. The number of likely N-dealkylation sites (tertiary alicyclic amines) is 2. The van der Waals surface area contributed by atoms with Gasteiger partial charge < -0.3 is 20.3 Å². The molecule has 29 heavy (non-hydrogen) atoms. The molecule has 3 aliphatic rings. The number of carbonyl (C=O) groups excluding carboxylic acids is 2. The van der Waals surface area contributed by atoms with Gasteiger partial charge in [0.15, 0.2) is 0 Å². The van der Waals surface area contributed by atoms with Crippen LogP contribution in [-0.2, 0) is 9.53 Å². The molecule has 2 saturated heterocycles. The second kappa shape index (κ2) is 9.28. The van der Waals surface area contributed by atoms with Crippen molar-refractivity contribution in [3.05, 3.63) is 33.7 Å². The number of amides is 2. The van der Waals surface area contributed by atoms with Gasteiger partial charge in [-0.2, -0.15) is 0 Å². The summed E-state index contributed by atoms with van der Waals surface area (Å²) in [5, 5.41) is 7.70. The summed E-state index contributed by atoms with van der Waals surface area (Å²) in [4.78, 5) is 30.8. The summed E-state index contributed by atoms with van der Waals surface area (Å²) in [6.45, 7) is 4.98. The van der Waals surface area contributed by atoms with E-state index in [0.717, 1.165) is 30.8 Å². The Balaban J connectivity index is 1.47. The lowest BCUT2D eigenvalue weighted by molar-refractivity contribution is -0.136. The van der Waals surface area contributed by atoms with Crippen molar-refractivity contribution >= 4 is 23.3 Å². The van der Waals surface area contributed by atoms with Gasteiger partial charge in [-0.1, -0.05) is 12.5 Å². The minimum atomic E-state index is -0.461. The van der Waals surface area contributed by atoms with Crippen LogP contribution >= 0.6 is 11.3 Å². The van der Waals surface area contributed by atoms with E-state index in [1.54, 1.807) is 0 Å². The highest BCUT2D eigenvalue weighted by molar-refractivity contribution is 7.10. The predicted octanol–water partition coefficient (Wildman–Crippen LogP) is 2.48. The third-order valence-corrected chi connectivity index (χ3v) is 7.17. The molecule has 4 rings (SSSR count). The monoisotopic (exact) mass is 418 g/mol. The minimum absolute atomic E-state index is 0.269. The first kappa shape index (κ1) is 20.4. The van der Waals surface area contributed by atoms with E-state index in [-0.39, 0.29) is 6.03 Å². The maximum atomic E-state index is 12.6. The zero-order valence-electron chi connectivity index (χ0n) is 17.0. The molecule has 1 aromatic rings. The van der Waals surface area contributed by atoms with Crippen molar-refractivity contribution in [2.75, 3.05) is 39.8 Å². The second-order valence-corrected chi connectivity index (χ2v) is 9.01. The third kappa shape index (κ3) is 4.65. The maximum Gasteiger partial charge on any atom is 0.338 e. The molecule has 0 bridgehead atoms. The molecule has 0 aromatic carbocycles. The van der Waals surface area contributed by atoms with E-state index >= 15 is 0 Å². The van der Waals surface area contributed by atoms with Gasteiger partial charge in [-0.15, -0.1) is 11.3 Å². The number of nitrogens with one attached hydrogen (secondary N) is 2. The van der Waals surface area contributed by atoms with Crippen molar-refractivity contribution in [2.45, 2.75) is 44.2 Å². The van der Waals surface area contributed by atoms with Crippen LogP contribution in [0.1, 0.15) is 43.0 Å². The Morgan fingerprint density at radius 2 is 1.97 bits per heavy atom. The van der Waals surface area contributed by atoms with Crippen LogP contribution in [0, 0.1) is 0 Å². The Labute approximate surface area is 176 Å². The molecule has 2 amide bonds. The first-order valence-electron chi connectivity index (χ1n) is 10.5. The summed E-state index contributed by atoms with van der Waals surface area (Å²) >= 11 is 1.52. The molecule has 7 nitrogen and oxygen atoms in total. The van der Waals surface area contributed by atoms with Crippen molar-refractivity contribution < 1.29 is 14.3 Å². The van der Waals surface area contributed by atoms with E-state index in [2.05, 4.69) is 20.4 Å². The average molecular weight is 419 g/mol.